The van der Waals surface area contributed by atoms with E-state index in [0.29, 0.717) is 0 Å². The standard InChI is InChI=1S/C19H21N3S/c1-2-6-16(7-3-1)10-11-21-12-14-22(15-13-21)19-20-17-8-4-5-9-18(17)23-19/h1-9H,10-15H2. The Morgan fingerprint density at radius 1 is 0.870 bits per heavy atom. The van der Waals surface area contributed by atoms with Gasteiger partial charge < -0.3 is 4.90 Å². The molecule has 0 saturated carbocycles. The Morgan fingerprint density at radius 2 is 1.61 bits per heavy atom. The third-order valence-electron chi connectivity index (χ3n) is 4.48. The Bertz CT molecular complexity index is 727. The van der Waals surface area contributed by atoms with Crippen LogP contribution >= 0.6 is 11.3 Å². The van der Waals surface area contributed by atoms with Gasteiger partial charge in [0.1, 0.15) is 0 Å². The summed E-state index contributed by atoms with van der Waals surface area (Å²) in [6, 6.07) is 19.2. The Kier molecular flexibility index (Phi) is 4.26. The van der Waals surface area contributed by atoms with Gasteiger partial charge in [0.05, 0.1) is 10.2 Å². The van der Waals surface area contributed by atoms with E-state index in [2.05, 4.69) is 64.4 Å². The van der Waals surface area contributed by atoms with Crippen molar-refractivity contribution in [3.05, 3.63) is 60.2 Å². The van der Waals surface area contributed by atoms with Gasteiger partial charge in [0.25, 0.3) is 0 Å². The monoisotopic (exact) mass is 323 g/mol. The largest absolute Gasteiger partial charge is 0.345 e. The number of thiazole rings is 1. The lowest BCUT2D eigenvalue weighted by Crippen LogP contribution is -2.46. The van der Waals surface area contributed by atoms with Crippen molar-refractivity contribution in [1.29, 1.82) is 0 Å². The predicted molar refractivity (Wildman–Crippen MR) is 98.4 cm³/mol. The van der Waals surface area contributed by atoms with Gasteiger partial charge in [0.2, 0.25) is 0 Å². The van der Waals surface area contributed by atoms with Crippen LogP contribution in [0.15, 0.2) is 54.6 Å². The maximum atomic E-state index is 4.78. The van der Waals surface area contributed by atoms with Gasteiger partial charge in [-0.1, -0.05) is 53.8 Å². The molecule has 1 saturated heterocycles. The molecular weight excluding hydrogens is 302 g/mol. The molecule has 0 N–H and O–H groups in total. The zero-order valence-corrected chi connectivity index (χ0v) is 14.0. The molecule has 23 heavy (non-hydrogen) atoms. The van der Waals surface area contributed by atoms with Crippen molar-refractivity contribution in [2.45, 2.75) is 6.42 Å². The molecule has 0 unspecified atom stereocenters. The van der Waals surface area contributed by atoms with Crippen LogP contribution in [0.1, 0.15) is 5.56 Å². The maximum absolute atomic E-state index is 4.78. The van der Waals surface area contributed by atoms with Crippen molar-refractivity contribution in [3.63, 3.8) is 0 Å². The molecule has 1 aliphatic rings. The molecule has 0 amide bonds. The number of rotatable bonds is 4. The smallest absolute Gasteiger partial charge is 0.186 e. The minimum Gasteiger partial charge on any atom is -0.345 e. The van der Waals surface area contributed by atoms with E-state index in [1.54, 1.807) is 0 Å². The fourth-order valence-corrected chi connectivity index (χ4v) is 4.11. The van der Waals surface area contributed by atoms with E-state index >= 15 is 0 Å². The number of anilines is 1. The zero-order valence-electron chi connectivity index (χ0n) is 13.2. The van der Waals surface area contributed by atoms with E-state index in [1.807, 2.05) is 11.3 Å². The Labute approximate surface area is 141 Å². The fourth-order valence-electron chi connectivity index (χ4n) is 3.09. The van der Waals surface area contributed by atoms with Crippen LogP contribution in [0.4, 0.5) is 5.13 Å². The number of aromatic nitrogens is 1. The van der Waals surface area contributed by atoms with Crippen LogP contribution in [0.3, 0.4) is 0 Å². The van der Waals surface area contributed by atoms with Gasteiger partial charge in [-0.3, -0.25) is 4.90 Å². The highest BCUT2D eigenvalue weighted by Gasteiger charge is 2.19. The minimum atomic E-state index is 1.08. The minimum absolute atomic E-state index is 1.08. The first-order valence-electron chi connectivity index (χ1n) is 8.25. The molecule has 2 aromatic carbocycles. The van der Waals surface area contributed by atoms with Crippen LogP contribution in [-0.4, -0.2) is 42.6 Å². The molecule has 0 bridgehead atoms. The average molecular weight is 323 g/mol. The first kappa shape index (κ1) is 14.7. The summed E-state index contributed by atoms with van der Waals surface area (Å²) in [4.78, 5) is 9.78. The third-order valence-corrected chi connectivity index (χ3v) is 5.58. The number of nitrogens with zero attached hydrogens (tertiary/aromatic N) is 3. The highest BCUT2D eigenvalue weighted by molar-refractivity contribution is 7.22. The molecule has 4 rings (SSSR count). The van der Waals surface area contributed by atoms with Gasteiger partial charge in [0, 0.05) is 32.7 Å². The number of para-hydroxylation sites is 1. The molecule has 2 heterocycles. The Balaban J connectivity index is 1.33. The number of fused-ring (bicyclic) bond motifs is 1. The van der Waals surface area contributed by atoms with Crippen LogP contribution in [0.2, 0.25) is 0 Å². The summed E-state index contributed by atoms with van der Waals surface area (Å²) in [5.41, 5.74) is 2.56. The molecule has 118 valence electrons. The molecule has 1 aromatic heterocycles. The van der Waals surface area contributed by atoms with Crippen molar-refractivity contribution in [1.82, 2.24) is 9.88 Å². The quantitative estimate of drug-likeness (QED) is 0.730. The predicted octanol–water partition coefficient (Wildman–Crippen LogP) is 3.66. The molecule has 0 aliphatic carbocycles. The first-order valence-corrected chi connectivity index (χ1v) is 9.07. The number of benzene rings is 2. The highest BCUT2D eigenvalue weighted by atomic mass is 32.1. The highest BCUT2D eigenvalue weighted by Crippen LogP contribution is 2.29. The molecule has 0 atom stereocenters. The lowest BCUT2D eigenvalue weighted by Gasteiger charge is -2.34. The first-order chi connectivity index (χ1) is 11.4. The van der Waals surface area contributed by atoms with Gasteiger partial charge in [-0.15, -0.1) is 0 Å². The van der Waals surface area contributed by atoms with E-state index < -0.39 is 0 Å². The Morgan fingerprint density at radius 3 is 2.39 bits per heavy atom. The van der Waals surface area contributed by atoms with Crippen LogP contribution in [-0.2, 0) is 6.42 Å². The summed E-state index contributed by atoms with van der Waals surface area (Å²) in [5.74, 6) is 0. The van der Waals surface area contributed by atoms with Crippen molar-refractivity contribution >= 4 is 26.7 Å². The molecule has 4 heteroatoms. The second-order valence-corrected chi connectivity index (χ2v) is 7.04. The lowest BCUT2D eigenvalue weighted by atomic mass is 10.1. The van der Waals surface area contributed by atoms with E-state index in [-0.39, 0.29) is 0 Å². The van der Waals surface area contributed by atoms with E-state index in [0.717, 1.165) is 44.7 Å². The van der Waals surface area contributed by atoms with E-state index in [4.69, 9.17) is 4.98 Å². The Hall–Kier alpha value is -1.91. The summed E-state index contributed by atoms with van der Waals surface area (Å²) >= 11 is 1.81. The van der Waals surface area contributed by atoms with E-state index in [1.165, 1.54) is 15.4 Å². The summed E-state index contributed by atoms with van der Waals surface area (Å²) in [7, 11) is 0. The maximum Gasteiger partial charge on any atom is 0.186 e. The number of hydrogen-bond acceptors (Lipinski definition) is 4. The van der Waals surface area contributed by atoms with Crippen LogP contribution in [0.5, 0.6) is 0 Å². The summed E-state index contributed by atoms with van der Waals surface area (Å²) in [6.45, 7) is 5.56. The second kappa shape index (κ2) is 6.69. The third kappa shape index (κ3) is 3.38. The van der Waals surface area contributed by atoms with Crippen LogP contribution in [0, 0.1) is 0 Å². The molecule has 1 aliphatic heterocycles. The van der Waals surface area contributed by atoms with Crippen molar-refractivity contribution in [3.8, 4) is 0 Å². The number of hydrogen-bond donors (Lipinski definition) is 0. The topological polar surface area (TPSA) is 19.4 Å². The average Bonchev–Trinajstić information content (AvgIpc) is 3.05. The summed E-state index contributed by atoms with van der Waals surface area (Å²) in [5, 5.41) is 1.17. The fraction of sp³-hybridized carbons (Fsp3) is 0.316. The van der Waals surface area contributed by atoms with Gasteiger partial charge in [-0.05, 0) is 24.1 Å². The molecule has 3 aromatic rings. The van der Waals surface area contributed by atoms with Gasteiger partial charge in [-0.25, -0.2) is 4.98 Å². The van der Waals surface area contributed by atoms with Crippen molar-refractivity contribution < 1.29 is 0 Å². The van der Waals surface area contributed by atoms with E-state index in [9.17, 15) is 0 Å². The summed E-state index contributed by atoms with van der Waals surface area (Å²) in [6.07, 6.45) is 1.14. The van der Waals surface area contributed by atoms with Gasteiger partial charge in [-0.2, -0.15) is 0 Å². The summed E-state index contributed by atoms with van der Waals surface area (Å²) < 4.78 is 1.29. The van der Waals surface area contributed by atoms with Gasteiger partial charge in [0.15, 0.2) is 5.13 Å². The molecule has 1 fully saturated rings. The van der Waals surface area contributed by atoms with Crippen LogP contribution < -0.4 is 4.90 Å². The SMILES string of the molecule is c1ccc(CCN2CCN(c3nc4ccccc4s3)CC2)cc1. The van der Waals surface area contributed by atoms with Crippen LogP contribution in [0.25, 0.3) is 10.2 Å². The normalized spacial score (nSPS) is 16.1. The second-order valence-electron chi connectivity index (χ2n) is 6.03. The lowest BCUT2D eigenvalue weighted by molar-refractivity contribution is 0.261. The van der Waals surface area contributed by atoms with Gasteiger partial charge >= 0.3 is 0 Å². The molecular formula is C19H21N3S. The zero-order chi connectivity index (χ0) is 15.5. The molecule has 3 nitrogen and oxygen atoms in total. The molecule has 0 radical (unpaired) electrons. The van der Waals surface area contributed by atoms with Crippen molar-refractivity contribution in [2.75, 3.05) is 37.6 Å². The van der Waals surface area contributed by atoms with Crippen molar-refractivity contribution in [2.24, 2.45) is 0 Å². The molecule has 0 spiro atoms. The number of piperazine rings is 1.